The molecule has 1 aromatic carbocycles. The number of nitrogens with one attached hydrogen (secondary N) is 1. The summed E-state index contributed by atoms with van der Waals surface area (Å²) in [5.74, 6) is -0.325. The van der Waals surface area contributed by atoms with E-state index >= 15 is 0 Å². The van der Waals surface area contributed by atoms with Crippen LogP contribution in [0.2, 0.25) is 5.02 Å². The number of pyridine rings is 1. The zero-order valence-electron chi connectivity index (χ0n) is 18.8. The van der Waals surface area contributed by atoms with Crippen molar-refractivity contribution in [2.24, 2.45) is 0 Å². The molecule has 0 unspecified atom stereocenters. The van der Waals surface area contributed by atoms with Crippen molar-refractivity contribution in [2.45, 2.75) is 32.6 Å². The van der Waals surface area contributed by atoms with E-state index in [9.17, 15) is 31.5 Å². The fourth-order valence-electron chi connectivity index (χ4n) is 2.62. The Labute approximate surface area is 204 Å². The van der Waals surface area contributed by atoms with Crippen molar-refractivity contribution in [1.82, 2.24) is 14.0 Å². The molecule has 2 rings (SSSR count). The van der Waals surface area contributed by atoms with Gasteiger partial charge < -0.3 is 19.3 Å². The molecule has 0 bridgehead atoms. The van der Waals surface area contributed by atoms with Gasteiger partial charge in [0.2, 0.25) is 5.88 Å². The van der Waals surface area contributed by atoms with Crippen LogP contribution in [0.4, 0.5) is 18.0 Å². The van der Waals surface area contributed by atoms with Gasteiger partial charge in [0.05, 0.1) is 18.7 Å². The highest BCUT2D eigenvalue weighted by molar-refractivity contribution is 7.87. The summed E-state index contributed by atoms with van der Waals surface area (Å²) in [5.41, 5.74) is -1.06. The lowest BCUT2D eigenvalue weighted by molar-refractivity contribution is -0.137. The Kier molecular flexibility index (Phi) is 9.54. The molecule has 1 amide bonds. The minimum absolute atomic E-state index is 0.0402. The molecule has 1 aromatic heterocycles. The van der Waals surface area contributed by atoms with Crippen molar-refractivity contribution < 1.29 is 45.7 Å². The molecule has 194 valence electrons. The first-order valence-corrected chi connectivity index (χ1v) is 11.7. The summed E-state index contributed by atoms with van der Waals surface area (Å²) < 4.78 is 82.0. The van der Waals surface area contributed by atoms with Crippen molar-refractivity contribution in [3.8, 4) is 17.4 Å². The maximum atomic E-state index is 12.9. The summed E-state index contributed by atoms with van der Waals surface area (Å²) >= 11 is 5.92. The third-order valence-electron chi connectivity index (χ3n) is 4.14. The zero-order chi connectivity index (χ0) is 26.4. The number of amides is 1. The van der Waals surface area contributed by atoms with Crippen LogP contribution in [0.1, 0.15) is 25.0 Å². The number of ether oxygens (including phenoxy) is 3. The number of hydrogen-bond acceptors (Lipinski definition) is 7. The SMILES string of the molecule is COCCOc1ccc(CN(C(=O)O)S(=O)(=O)NC(C)C)c(Oc2ncc(C(F)(F)F)cc2Cl)c1. The first-order chi connectivity index (χ1) is 16.2. The Morgan fingerprint density at radius 1 is 1.26 bits per heavy atom. The van der Waals surface area contributed by atoms with Gasteiger partial charge in [-0.25, -0.2) is 9.78 Å². The second-order valence-corrected chi connectivity index (χ2v) is 9.32. The highest BCUT2D eigenvalue weighted by Gasteiger charge is 2.32. The first kappa shape index (κ1) is 28.4. The summed E-state index contributed by atoms with van der Waals surface area (Å²) in [4.78, 5) is 15.3. The smallest absolute Gasteiger partial charge is 0.422 e. The summed E-state index contributed by atoms with van der Waals surface area (Å²) in [5, 5.41) is 9.03. The van der Waals surface area contributed by atoms with E-state index in [1.54, 1.807) is 0 Å². The number of carboxylic acid groups (broad SMARTS) is 1. The second kappa shape index (κ2) is 11.7. The van der Waals surface area contributed by atoms with Crippen molar-refractivity contribution in [3.63, 3.8) is 0 Å². The Morgan fingerprint density at radius 2 is 1.94 bits per heavy atom. The number of aromatic nitrogens is 1. The Hall–Kier alpha value is -2.81. The Bertz CT molecular complexity index is 1150. The summed E-state index contributed by atoms with van der Waals surface area (Å²) in [6, 6.07) is 4.09. The molecule has 0 aliphatic carbocycles. The van der Waals surface area contributed by atoms with Gasteiger partial charge in [0.1, 0.15) is 23.1 Å². The fraction of sp³-hybridized carbons (Fsp3) is 0.400. The molecule has 0 spiro atoms. The molecular weight excluding hydrogens is 519 g/mol. The molecule has 15 heteroatoms. The average Bonchev–Trinajstić information content (AvgIpc) is 2.72. The van der Waals surface area contributed by atoms with Gasteiger partial charge in [-0.05, 0) is 32.0 Å². The van der Waals surface area contributed by atoms with Crippen molar-refractivity contribution in [1.29, 1.82) is 0 Å². The second-order valence-electron chi connectivity index (χ2n) is 7.29. The molecule has 0 saturated heterocycles. The van der Waals surface area contributed by atoms with Crippen molar-refractivity contribution in [2.75, 3.05) is 20.3 Å². The van der Waals surface area contributed by atoms with Gasteiger partial charge in [-0.15, -0.1) is 0 Å². The summed E-state index contributed by atoms with van der Waals surface area (Å²) in [6.45, 7) is 2.72. The van der Waals surface area contributed by atoms with Gasteiger partial charge in [-0.3, -0.25) is 0 Å². The predicted molar refractivity (Wildman–Crippen MR) is 119 cm³/mol. The molecule has 0 radical (unpaired) electrons. The van der Waals surface area contributed by atoms with Crippen molar-refractivity contribution >= 4 is 27.9 Å². The zero-order valence-corrected chi connectivity index (χ0v) is 20.4. The number of carbonyl (C=O) groups is 1. The average molecular weight is 542 g/mol. The standard InChI is InChI=1S/C20H23ClF3N3O7S/c1-12(2)26-35(30,31)27(19(28)29)11-13-4-5-15(33-7-6-32-3)9-17(13)34-18-16(21)8-14(10-25-18)20(22,23)24/h4-5,8-10,12,26H,6-7,11H2,1-3H3,(H,28,29). The number of benzene rings is 1. The number of halogens is 4. The summed E-state index contributed by atoms with van der Waals surface area (Å²) in [6.07, 6.45) is -5.94. The highest BCUT2D eigenvalue weighted by atomic mass is 35.5. The fourth-order valence-corrected chi connectivity index (χ4v) is 4.07. The van der Waals surface area contributed by atoms with Crippen LogP contribution < -0.4 is 14.2 Å². The van der Waals surface area contributed by atoms with Crippen LogP contribution >= 0.6 is 11.6 Å². The van der Waals surface area contributed by atoms with E-state index in [-0.39, 0.29) is 34.6 Å². The number of alkyl halides is 3. The molecule has 35 heavy (non-hydrogen) atoms. The quantitative estimate of drug-likeness (QED) is 0.403. The van der Waals surface area contributed by atoms with Crippen LogP contribution in [0.15, 0.2) is 30.5 Å². The molecule has 0 fully saturated rings. The third kappa shape index (κ3) is 8.13. The number of hydrogen-bond donors (Lipinski definition) is 2. The number of nitrogens with zero attached hydrogens (tertiary/aromatic N) is 2. The Balaban J connectivity index is 2.47. The summed E-state index contributed by atoms with van der Waals surface area (Å²) in [7, 11) is -2.99. The van der Waals surface area contributed by atoms with Crippen LogP contribution in [0.3, 0.4) is 0 Å². The minimum Gasteiger partial charge on any atom is -0.491 e. The molecule has 2 N–H and O–H groups in total. The molecular formula is C20H23ClF3N3O7S. The molecule has 0 atom stereocenters. The lowest BCUT2D eigenvalue weighted by Gasteiger charge is -2.22. The van der Waals surface area contributed by atoms with Gasteiger partial charge in [0.25, 0.3) is 0 Å². The van der Waals surface area contributed by atoms with E-state index in [4.69, 9.17) is 25.8 Å². The first-order valence-electron chi connectivity index (χ1n) is 9.92. The van der Waals surface area contributed by atoms with Gasteiger partial charge in [0.15, 0.2) is 0 Å². The van der Waals surface area contributed by atoms with Crippen molar-refractivity contribution in [3.05, 3.63) is 46.6 Å². The van der Waals surface area contributed by atoms with E-state index in [2.05, 4.69) is 9.71 Å². The van der Waals surface area contributed by atoms with Crippen LogP contribution in [-0.4, -0.2) is 55.3 Å². The highest BCUT2D eigenvalue weighted by Crippen LogP contribution is 2.36. The molecule has 1 heterocycles. The van der Waals surface area contributed by atoms with E-state index in [0.29, 0.717) is 12.3 Å². The largest absolute Gasteiger partial charge is 0.491 e. The van der Waals surface area contributed by atoms with E-state index in [0.717, 1.165) is 0 Å². The monoisotopic (exact) mass is 541 g/mol. The molecule has 0 aliphatic rings. The van der Waals surface area contributed by atoms with Crippen LogP contribution in [0, 0.1) is 0 Å². The minimum atomic E-state index is -4.69. The maximum absolute atomic E-state index is 12.9. The van der Waals surface area contributed by atoms with Gasteiger partial charge >= 0.3 is 22.5 Å². The van der Waals surface area contributed by atoms with Crippen LogP contribution in [-0.2, 0) is 27.7 Å². The molecule has 10 nitrogen and oxygen atoms in total. The van der Waals surface area contributed by atoms with Gasteiger partial charge in [-0.1, -0.05) is 11.6 Å². The lowest BCUT2D eigenvalue weighted by Crippen LogP contribution is -2.45. The Morgan fingerprint density at radius 3 is 2.49 bits per heavy atom. The van der Waals surface area contributed by atoms with Crippen LogP contribution in [0.25, 0.3) is 0 Å². The van der Waals surface area contributed by atoms with E-state index in [1.165, 1.54) is 39.2 Å². The van der Waals surface area contributed by atoms with E-state index in [1.807, 2.05) is 0 Å². The third-order valence-corrected chi connectivity index (χ3v) is 6.04. The lowest BCUT2D eigenvalue weighted by atomic mass is 10.2. The maximum Gasteiger partial charge on any atom is 0.422 e. The van der Waals surface area contributed by atoms with Gasteiger partial charge in [-0.2, -0.15) is 30.6 Å². The molecule has 0 saturated carbocycles. The number of methoxy groups -OCH3 is 1. The topological polar surface area (TPSA) is 127 Å². The molecule has 2 aromatic rings. The number of rotatable bonds is 11. The van der Waals surface area contributed by atoms with Gasteiger partial charge in [0, 0.05) is 31.0 Å². The van der Waals surface area contributed by atoms with E-state index < -0.39 is 51.5 Å². The molecule has 0 aliphatic heterocycles. The normalized spacial score (nSPS) is 12.0. The predicted octanol–water partition coefficient (Wildman–Crippen LogP) is 4.29. The van der Waals surface area contributed by atoms with Crippen LogP contribution in [0.5, 0.6) is 17.4 Å².